The SMILES string of the molecule is CCOC(=O)C1c2ccccc2CCN1Cc1ccnc(N2CCCC2)n1. The number of benzene rings is 1. The highest BCUT2D eigenvalue weighted by atomic mass is 16.5. The third-order valence-electron chi connectivity index (χ3n) is 5.35. The molecule has 6 nitrogen and oxygen atoms in total. The second-order valence-corrected chi connectivity index (χ2v) is 7.12. The molecule has 0 saturated carbocycles. The molecule has 142 valence electrons. The van der Waals surface area contributed by atoms with Crippen molar-refractivity contribution in [2.75, 3.05) is 31.1 Å². The number of esters is 1. The number of fused-ring (bicyclic) bond motifs is 1. The summed E-state index contributed by atoms with van der Waals surface area (Å²) in [5.41, 5.74) is 3.23. The zero-order valence-corrected chi connectivity index (χ0v) is 15.8. The summed E-state index contributed by atoms with van der Waals surface area (Å²) in [5.74, 6) is 0.619. The molecule has 6 heteroatoms. The minimum absolute atomic E-state index is 0.182. The van der Waals surface area contributed by atoms with Crippen LogP contribution in [0.3, 0.4) is 0 Å². The Morgan fingerprint density at radius 2 is 2.00 bits per heavy atom. The number of carbonyl (C=O) groups excluding carboxylic acids is 1. The van der Waals surface area contributed by atoms with Crippen LogP contribution in [0, 0.1) is 0 Å². The van der Waals surface area contributed by atoms with Crippen molar-refractivity contribution < 1.29 is 9.53 Å². The van der Waals surface area contributed by atoms with Crippen molar-refractivity contribution in [2.24, 2.45) is 0 Å². The van der Waals surface area contributed by atoms with Crippen molar-refractivity contribution >= 4 is 11.9 Å². The van der Waals surface area contributed by atoms with Crippen LogP contribution in [0.25, 0.3) is 0 Å². The number of anilines is 1. The van der Waals surface area contributed by atoms with Gasteiger partial charge >= 0.3 is 5.97 Å². The summed E-state index contributed by atoms with van der Waals surface area (Å²) in [6.07, 6.45) is 5.15. The van der Waals surface area contributed by atoms with E-state index in [1.54, 1.807) is 0 Å². The van der Waals surface area contributed by atoms with Crippen LogP contribution in [0.1, 0.15) is 42.6 Å². The van der Waals surface area contributed by atoms with Crippen LogP contribution >= 0.6 is 0 Å². The molecule has 4 rings (SSSR count). The predicted molar refractivity (Wildman–Crippen MR) is 103 cm³/mol. The molecule has 2 aliphatic heterocycles. The van der Waals surface area contributed by atoms with Gasteiger partial charge in [-0.15, -0.1) is 0 Å². The van der Waals surface area contributed by atoms with Crippen molar-refractivity contribution in [3.05, 3.63) is 53.3 Å². The minimum Gasteiger partial charge on any atom is -0.465 e. The number of rotatable bonds is 5. The zero-order chi connectivity index (χ0) is 18.6. The number of aromatic nitrogens is 2. The van der Waals surface area contributed by atoms with Crippen LogP contribution in [0.5, 0.6) is 0 Å². The third-order valence-corrected chi connectivity index (χ3v) is 5.35. The lowest BCUT2D eigenvalue weighted by atomic mass is 9.92. The molecule has 1 saturated heterocycles. The lowest BCUT2D eigenvalue weighted by molar-refractivity contribution is -0.150. The molecule has 27 heavy (non-hydrogen) atoms. The Kier molecular flexibility index (Phi) is 5.34. The maximum atomic E-state index is 12.7. The maximum absolute atomic E-state index is 12.7. The molecule has 0 spiro atoms. The number of hydrogen-bond acceptors (Lipinski definition) is 6. The number of nitrogens with zero attached hydrogens (tertiary/aromatic N) is 4. The van der Waals surface area contributed by atoms with Gasteiger partial charge in [0.2, 0.25) is 5.95 Å². The molecular weight excluding hydrogens is 340 g/mol. The Hall–Kier alpha value is -2.47. The van der Waals surface area contributed by atoms with Gasteiger partial charge in [-0.3, -0.25) is 4.90 Å². The fourth-order valence-corrected chi connectivity index (χ4v) is 4.04. The monoisotopic (exact) mass is 366 g/mol. The summed E-state index contributed by atoms with van der Waals surface area (Å²) in [6.45, 7) is 5.70. The first-order valence-electron chi connectivity index (χ1n) is 9.81. The van der Waals surface area contributed by atoms with Gasteiger partial charge in [-0.2, -0.15) is 0 Å². The molecule has 2 aliphatic rings. The second kappa shape index (κ2) is 8.05. The topological polar surface area (TPSA) is 58.6 Å². The molecule has 1 unspecified atom stereocenters. The largest absolute Gasteiger partial charge is 0.465 e. The van der Waals surface area contributed by atoms with Crippen molar-refractivity contribution in [1.82, 2.24) is 14.9 Å². The quantitative estimate of drug-likeness (QED) is 0.759. The van der Waals surface area contributed by atoms with Crippen LogP contribution in [0.4, 0.5) is 5.95 Å². The fraction of sp³-hybridized carbons (Fsp3) is 0.476. The van der Waals surface area contributed by atoms with Gasteiger partial charge in [-0.25, -0.2) is 14.8 Å². The normalized spacial score (nSPS) is 19.7. The van der Waals surface area contributed by atoms with E-state index >= 15 is 0 Å². The second-order valence-electron chi connectivity index (χ2n) is 7.12. The van der Waals surface area contributed by atoms with Crippen molar-refractivity contribution in [2.45, 2.75) is 38.8 Å². The highest BCUT2D eigenvalue weighted by Crippen LogP contribution is 2.32. The Labute approximate surface area is 160 Å². The Balaban J connectivity index is 1.58. The lowest BCUT2D eigenvalue weighted by Crippen LogP contribution is -2.40. The first kappa shape index (κ1) is 17.9. The predicted octanol–water partition coefficient (Wildman–Crippen LogP) is 2.74. The molecule has 0 bridgehead atoms. The Morgan fingerprint density at radius 3 is 2.81 bits per heavy atom. The number of carbonyl (C=O) groups is 1. The van der Waals surface area contributed by atoms with E-state index in [2.05, 4.69) is 20.9 Å². The molecule has 1 fully saturated rings. The minimum atomic E-state index is -0.375. The number of ether oxygens (including phenoxy) is 1. The highest BCUT2D eigenvalue weighted by Gasteiger charge is 2.34. The first-order chi connectivity index (χ1) is 13.3. The van der Waals surface area contributed by atoms with Gasteiger partial charge in [-0.1, -0.05) is 24.3 Å². The molecule has 1 atom stereocenters. The summed E-state index contributed by atoms with van der Waals surface area (Å²) in [7, 11) is 0. The van der Waals surface area contributed by atoms with Crippen molar-refractivity contribution in [3.8, 4) is 0 Å². The van der Waals surface area contributed by atoms with E-state index in [9.17, 15) is 4.79 Å². The molecule has 3 heterocycles. The summed E-state index contributed by atoms with van der Waals surface area (Å²) in [6, 6.07) is 9.74. The average Bonchev–Trinajstić information content (AvgIpc) is 3.23. The molecule has 0 radical (unpaired) electrons. The molecular formula is C21H26N4O2. The molecule has 0 N–H and O–H groups in total. The van der Waals surface area contributed by atoms with E-state index in [4.69, 9.17) is 9.72 Å². The standard InChI is InChI=1S/C21H26N4O2/c1-2-27-20(26)19-18-8-4-3-7-16(18)10-14-25(19)15-17-9-11-22-21(23-17)24-12-5-6-13-24/h3-4,7-9,11,19H,2,5-6,10,12-15H2,1H3. The Bertz CT molecular complexity index is 804. The van der Waals surface area contributed by atoms with E-state index in [0.29, 0.717) is 13.2 Å². The highest BCUT2D eigenvalue weighted by molar-refractivity contribution is 5.78. The average molecular weight is 366 g/mol. The third kappa shape index (κ3) is 3.81. The van der Waals surface area contributed by atoms with E-state index in [-0.39, 0.29) is 12.0 Å². The summed E-state index contributed by atoms with van der Waals surface area (Å²) in [4.78, 5) is 26.3. The van der Waals surface area contributed by atoms with Gasteiger partial charge < -0.3 is 9.64 Å². The van der Waals surface area contributed by atoms with Gasteiger partial charge in [-0.05, 0) is 43.4 Å². The van der Waals surface area contributed by atoms with Crippen LogP contribution in [0.2, 0.25) is 0 Å². The zero-order valence-electron chi connectivity index (χ0n) is 15.8. The van der Waals surface area contributed by atoms with E-state index in [1.807, 2.05) is 37.4 Å². The van der Waals surface area contributed by atoms with Crippen molar-refractivity contribution in [1.29, 1.82) is 0 Å². The Morgan fingerprint density at radius 1 is 1.19 bits per heavy atom. The smallest absolute Gasteiger partial charge is 0.328 e. The van der Waals surface area contributed by atoms with Crippen LogP contribution in [-0.4, -0.2) is 47.1 Å². The summed E-state index contributed by atoms with van der Waals surface area (Å²) >= 11 is 0. The van der Waals surface area contributed by atoms with E-state index in [0.717, 1.165) is 43.3 Å². The van der Waals surface area contributed by atoms with Crippen LogP contribution < -0.4 is 4.90 Å². The van der Waals surface area contributed by atoms with E-state index < -0.39 is 0 Å². The van der Waals surface area contributed by atoms with E-state index in [1.165, 1.54) is 18.4 Å². The number of hydrogen-bond donors (Lipinski definition) is 0. The van der Waals surface area contributed by atoms with Crippen LogP contribution in [0.15, 0.2) is 36.5 Å². The molecule has 2 aromatic rings. The molecule has 0 aliphatic carbocycles. The summed E-state index contributed by atoms with van der Waals surface area (Å²) in [5, 5.41) is 0. The fourth-order valence-electron chi connectivity index (χ4n) is 4.04. The summed E-state index contributed by atoms with van der Waals surface area (Å²) < 4.78 is 5.39. The van der Waals surface area contributed by atoms with Gasteiger partial charge in [0.15, 0.2) is 0 Å². The molecule has 1 aromatic carbocycles. The van der Waals surface area contributed by atoms with Crippen LogP contribution in [-0.2, 0) is 22.5 Å². The van der Waals surface area contributed by atoms with Gasteiger partial charge in [0.05, 0.1) is 12.3 Å². The first-order valence-corrected chi connectivity index (χ1v) is 9.81. The molecule has 1 aromatic heterocycles. The maximum Gasteiger partial charge on any atom is 0.328 e. The lowest BCUT2D eigenvalue weighted by Gasteiger charge is -2.35. The van der Waals surface area contributed by atoms with Gasteiger partial charge in [0, 0.05) is 32.4 Å². The van der Waals surface area contributed by atoms with Gasteiger partial charge in [0.1, 0.15) is 6.04 Å². The van der Waals surface area contributed by atoms with Crippen molar-refractivity contribution in [3.63, 3.8) is 0 Å². The van der Waals surface area contributed by atoms with Gasteiger partial charge in [0.25, 0.3) is 0 Å². The molecule has 0 amide bonds.